The number of para-hydroxylation sites is 1. The van der Waals surface area contributed by atoms with Gasteiger partial charge in [0.1, 0.15) is 0 Å². The molecule has 0 aliphatic heterocycles. The second kappa shape index (κ2) is 4.43. The summed E-state index contributed by atoms with van der Waals surface area (Å²) in [6.45, 7) is 2.09. The third kappa shape index (κ3) is 1.91. The van der Waals surface area contributed by atoms with Crippen LogP contribution in [-0.2, 0) is 0 Å². The van der Waals surface area contributed by atoms with E-state index in [-0.39, 0.29) is 11.4 Å². The Balaban J connectivity index is 3.20. The number of nitro groups is 1. The number of nitrogens with two attached hydrogens (primary N) is 1. The molecule has 6 nitrogen and oxygen atoms in total. The Morgan fingerprint density at radius 1 is 1.64 bits per heavy atom. The normalized spacial score (nSPS) is 9.57. The zero-order valence-electron chi connectivity index (χ0n) is 7.69. The Labute approximate surface area is 80.8 Å². The molecule has 0 spiro atoms. The van der Waals surface area contributed by atoms with Gasteiger partial charge in [-0.1, -0.05) is 6.07 Å². The first kappa shape index (κ1) is 10.3. The van der Waals surface area contributed by atoms with E-state index in [1.54, 1.807) is 13.0 Å². The molecule has 0 saturated carbocycles. The van der Waals surface area contributed by atoms with Gasteiger partial charge in [0, 0.05) is 6.07 Å². The summed E-state index contributed by atoms with van der Waals surface area (Å²) >= 11 is 0. The van der Waals surface area contributed by atoms with E-state index in [0.29, 0.717) is 12.3 Å². The maximum absolute atomic E-state index is 10.6. The van der Waals surface area contributed by atoms with Crippen molar-refractivity contribution in [2.75, 3.05) is 12.0 Å². The molecule has 0 aliphatic carbocycles. The van der Waals surface area contributed by atoms with Crippen molar-refractivity contribution in [3.63, 3.8) is 0 Å². The molecule has 0 saturated heterocycles. The highest BCUT2D eigenvalue weighted by Gasteiger charge is 2.17. The number of ether oxygens (including phenoxy) is 1. The van der Waals surface area contributed by atoms with Gasteiger partial charge in [0.2, 0.25) is 5.75 Å². The van der Waals surface area contributed by atoms with Gasteiger partial charge in [-0.15, -0.1) is 0 Å². The standard InChI is InChI=1S/C8H11N3O3/c1-2-14-8-6(10-9)4-3-5-7(8)11(12)13/h3-5,10H,2,9H2,1H3. The third-order valence-corrected chi connectivity index (χ3v) is 1.64. The molecule has 76 valence electrons. The van der Waals surface area contributed by atoms with Gasteiger partial charge < -0.3 is 10.2 Å². The Bertz CT molecular complexity index is 341. The molecule has 0 amide bonds. The zero-order valence-corrected chi connectivity index (χ0v) is 7.69. The average molecular weight is 197 g/mol. The van der Waals surface area contributed by atoms with Crippen LogP contribution in [0.25, 0.3) is 0 Å². The second-order valence-electron chi connectivity index (χ2n) is 2.49. The molecule has 0 aliphatic rings. The van der Waals surface area contributed by atoms with Gasteiger partial charge in [0.15, 0.2) is 0 Å². The highest BCUT2D eigenvalue weighted by Crippen LogP contribution is 2.34. The maximum Gasteiger partial charge on any atom is 0.313 e. The van der Waals surface area contributed by atoms with E-state index in [0.717, 1.165) is 0 Å². The first-order chi connectivity index (χ1) is 6.70. The Morgan fingerprint density at radius 3 is 2.86 bits per heavy atom. The molecule has 0 atom stereocenters. The lowest BCUT2D eigenvalue weighted by molar-refractivity contribution is -0.385. The number of benzene rings is 1. The van der Waals surface area contributed by atoms with Crippen LogP contribution in [-0.4, -0.2) is 11.5 Å². The van der Waals surface area contributed by atoms with Crippen molar-refractivity contribution >= 4 is 11.4 Å². The number of nitrogen functional groups attached to an aromatic ring is 1. The van der Waals surface area contributed by atoms with E-state index in [1.165, 1.54) is 12.1 Å². The van der Waals surface area contributed by atoms with Crippen molar-refractivity contribution in [1.82, 2.24) is 0 Å². The quantitative estimate of drug-likeness (QED) is 0.431. The summed E-state index contributed by atoms with van der Waals surface area (Å²) in [6, 6.07) is 4.51. The van der Waals surface area contributed by atoms with E-state index in [2.05, 4.69) is 5.43 Å². The summed E-state index contributed by atoms with van der Waals surface area (Å²) in [5.41, 5.74) is 2.65. The maximum atomic E-state index is 10.6. The number of nitrogens with zero attached hydrogens (tertiary/aromatic N) is 1. The minimum atomic E-state index is -0.508. The van der Waals surface area contributed by atoms with Crippen molar-refractivity contribution < 1.29 is 9.66 Å². The van der Waals surface area contributed by atoms with Gasteiger partial charge >= 0.3 is 5.69 Å². The van der Waals surface area contributed by atoms with E-state index in [1.807, 2.05) is 0 Å². The smallest absolute Gasteiger partial charge is 0.313 e. The Morgan fingerprint density at radius 2 is 2.36 bits per heavy atom. The fraction of sp³-hybridized carbons (Fsp3) is 0.250. The molecule has 0 radical (unpaired) electrons. The lowest BCUT2D eigenvalue weighted by Crippen LogP contribution is -2.09. The molecule has 3 N–H and O–H groups in total. The predicted molar refractivity (Wildman–Crippen MR) is 52.1 cm³/mol. The summed E-state index contributed by atoms with van der Waals surface area (Å²) in [7, 11) is 0. The summed E-state index contributed by atoms with van der Waals surface area (Å²) in [5, 5.41) is 10.6. The number of anilines is 1. The molecule has 1 rings (SSSR count). The van der Waals surface area contributed by atoms with E-state index < -0.39 is 4.92 Å². The van der Waals surface area contributed by atoms with Crippen LogP contribution in [0.5, 0.6) is 5.75 Å². The van der Waals surface area contributed by atoms with Crippen LogP contribution < -0.4 is 16.0 Å². The van der Waals surface area contributed by atoms with Crippen molar-refractivity contribution in [3.05, 3.63) is 28.3 Å². The summed E-state index contributed by atoms with van der Waals surface area (Å²) < 4.78 is 5.14. The number of nitrogens with one attached hydrogen (secondary N) is 1. The topological polar surface area (TPSA) is 90.4 Å². The number of rotatable bonds is 4. The van der Waals surface area contributed by atoms with Crippen molar-refractivity contribution in [3.8, 4) is 5.75 Å². The highest BCUT2D eigenvalue weighted by atomic mass is 16.6. The number of nitro benzene ring substituents is 1. The fourth-order valence-electron chi connectivity index (χ4n) is 1.08. The summed E-state index contributed by atoms with van der Waals surface area (Å²) in [5.74, 6) is 5.37. The average Bonchev–Trinajstić information content (AvgIpc) is 2.18. The van der Waals surface area contributed by atoms with Crippen LogP contribution in [0.15, 0.2) is 18.2 Å². The van der Waals surface area contributed by atoms with Crippen LogP contribution in [0.4, 0.5) is 11.4 Å². The fourth-order valence-corrected chi connectivity index (χ4v) is 1.08. The molecule has 0 bridgehead atoms. The largest absolute Gasteiger partial charge is 0.486 e. The van der Waals surface area contributed by atoms with Crippen LogP contribution >= 0.6 is 0 Å². The molecule has 0 unspecified atom stereocenters. The van der Waals surface area contributed by atoms with Gasteiger partial charge in [-0.3, -0.25) is 16.0 Å². The van der Waals surface area contributed by atoms with Gasteiger partial charge in [0.05, 0.1) is 17.2 Å². The first-order valence-corrected chi connectivity index (χ1v) is 4.07. The Kier molecular flexibility index (Phi) is 3.24. The molecular formula is C8H11N3O3. The molecular weight excluding hydrogens is 186 g/mol. The predicted octanol–water partition coefficient (Wildman–Crippen LogP) is 1.28. The van der Waals surface area contributed by atoms with Gasteiger partial charge in [0.25, 0.3) is 0 Å². The molecule has 6 heteroatoms. The molecule has 1 aromatic carbocycles. The van der Waals surface area contributed by atoms with E-state index in [9.17, 15) is 10.1 Å². The van der Waals surface area contributed by atoms with Crippen molar-refractivity contribution in [2.45, 2.75) is 6.92 Å². The lowest BCUT2D eigenvalue weighted by Gasteiger charge is -2.08. The van der Waals surface area contributed by atoms with E-state index in [4.69, 9.17) is 10.6 Å². The number of hydrogen-bond acceptors (Lipinski definition) is 5. The molecule has 0 aromatic heterocycles. The molecule has 14 heavy (non-hydrogen) atoms. The van der Waals surface area contributed by atoms with Crippen LogP contribution in [0, 0.1) is 10.1 Å². The summed E-state index contributed by atoms with van der Waals surface area (Å²) in [6.07, 6.45) is 0. The SMILES string of the molecule is CCOc1c(NN)cccc1[N+](=O)[O-]. The molecule has 1 aromatic rings. The van der Waals surface area contributed by atoms with Crippen LogP contribution in [0.3, 0.4) is 0 Å². The van der Waals surface area contributed by atoms with Crippen molar-refractivity contribution in [1.29, 1.82) is 0 Å². The third-order valence-electron chi connectivity index (χ3n) is 1.64. The monoisotopic (exact) mass is 197 g/mol. The minimum Gasteiger partial charge on any atom is -0.486 e. The van der Waals surface area contributed by atoms with Crippen LogP contribution in [0.2, 0.25) is 0 Å². The second-order valence-corrected chi connectivity index (χ2v) is 2.49. The van der Waals surface area contributed by atoms with Crippen molar-refractivity contribution in [2.24, 2.45) is 5.84 Å². The van der Waals surface area contributed by atoms with E-state index >= 15 is 0 Å². The van der Waals surface area contributed by atoms with Crippen LogP contribution in [0.1, 0.15) is 6.92 Å². The molecule has 0 heterocycles. The lowest BCUT2D eigenvalue weighted by atomic mass is 10.2. The molecule has 0 fully saturated rings. The minimum absolute atomic E-state index is 0.0951. The first-order valence-electron chi connectivity index (χ1n) is 4.07. The zero-order chi connectivity index (χ0) is 10.6. The highest BCUT2D eigenvalue weighted by molar-refractivity contribution is 5.65. The van der Waals surface area contributed by atoms with Gasteiger partial charge in [-0.2, -0.15) is 0 Å². The number of hydrogen-bond donors (Lipinski definition) is 2. The summed E-state index contributed by atoms with van der Waals surface area (Å²) in [4.78, 5) is 10.1. The van der Waals surface area contributed by atoms with Gasteiger partial charge in [-0.25, -0.2) is 0 Å². The van der Waals surface area contributed by atoms with Gasteiger partial charge in [-0.05, 0) is 13.0 Å². The Hall–Kier alpha value is -1.82. The number of hydrazine groups is 1.